The Labute approximate surface area is 140 Å². The topological polar surface area (TPSA) is 51.5 Å². The summed E-state index contributed by atoms with van der Waals surface area (Å²) in [7, 11) is 3.47. The van der Waals surface area contributed by atoms with E-state index in [-0.39, 0.29) is 23.8 Å². The summed E-state index contributed by atoms with van der Waals surface area (Å²) in [4.78, 5) is 26.2. The van der Waals surface area contributed by atoms with Crippen LogP contribution in [0.1, 0.15) is 22.8 Å². The van der Waals surface area contributed by atoms with Crippen LogP contribution in [0, 0.1) is 5.92 Å². The van der Waals surface area contributed by atoms with Gasteiger partial charge in [0.15, 0.2) is 0 Å². The predicted molar refractivity (Wildman–Crippen MR) is 91.8 cm³/mol. The van der Waals surface area contributed by atoms with E-state index in [0.717, 1.165) is 22.9 Å². The quantitative estimate of drug-likeness (QED) is 0.756. The van der Waals surface area contributed by atoms with E-state index in [0.29, 0.717) is 6.54 Å². The molecular weight excluding hydrogens is 304 g/mol. The van der Waals surface area contributed by atoms with Crippen molar-refractivity contribution in [1.82, 2.24) is 9.47 Å². The number of fused-ring (bicyclic) bond motifs is 2. The Bertz CT molecular complexity index is 893. The molecule has 5 nitrogen and oxygen atoms in total. The van der Waals surface area contributed by atoms with Crippen molar-refractivity contribution in [2.45, 2.75) is 19.4 Å². The van der Waals surface area contributed by atoms with E-state index >= 15 is 0 Å². The number of hydrogen-bond donors (Lipinski definition) is 0. The largest absolute Gasteiger partial charge is 0.469 e. The Kier molecular flexibility index (Phi) is 3.35. The number of nitrogens with zero attached hydrogens (tertiary/aromatic N) is 2. The second kappa shape index (κ2) is 5.31. The van der Waals surface area contributed by atoms with Gasteiger partial charge in [0, 0.05) is 31.1 Å². The fourth-order valence-electron chi connectivity index (χ4n) is 4.12. The Balaban J connectivity index is 1.94. The van der Waals surface area contributed by atoms with Gasteiger partial charge in [-0.25, -0.2) is 0 Å². The monoisotopic (exact) mass is 324 g/mol. The van der Waals surface area contributed by atoms with E-state index < -0.39 is 0 Å². The minimum Gasteiger partial charge on any atom is -0.469 e. The van der Waals surface area contributed by atoms with Crippen molar-refractivity contribution in [3.8, 4) is 0 Å². The standard InChI is InChI=1S/C19H20N2O3/c1-11(22)21-10-12-8-17-15(14-5-4-6-16(21)18(12)14)7-13(9-20(17)2)19(23)24-3/h4-7,10,13,17H,8-9H2,1-3H3/t13-,17-/m1/s1. The molecule has 0 amide bonds. The Morgan fingerprint density at radius 1 is 1.29 bits per heavy atom. The minimum absolute atomic E-state index is 0.0167. The predicted octanol–water partition coefficient (Wildman–Crippen LogP) is 2.34. The van der Waals surface area contributed by atoms with Crippen LogP contribution < -0.4 is 0 Å². The highest BCUT2D eigenvalue weighted by atomic mass is 16.5. The molecule has 0 radical (unpaired) electrons. The zero-order valence-electron chi connectivity index (χ0n) is 14.1. The maximum absolute atomic E-state index is 12.0. The highest BCUT2D eigenvalue weighted by Crippen LogP contribution is 2.41. The third-order valence-electron chi connectivity index (χ3n) is 5.23. The van der Waals surface area contributed by atoms with Gasteiger partial charge in [-0.05, 0) is 36.2 Å². The number of esters is 1. The van der Waals surface area contributed by atoms with Crippen molar-refractivity contribution >= 4 is 28.4 Å². The summed E-state index contributed by atoms with van der Waals surface area (Å²) < 4.78 is 6.66. The third-order valence-corrected chi connectivity index (χ3v) is 5.23. The first-order valence-electron chi connectivity index (χ1n) is 8.15. The molecule has 24 heavy (non-hydrogen) atoms. The number of aromatic nitrogens is 1. The molecule has 4 rings (SSSR count). The summed E-state index contributed by atoms with van der Waals surface area (Å²) in [6, 6.07) is 6.27. The first kappa shape index (κ1) is 15.1. The molecule has 2 atom stereocenters. The Morgan fingerprint density at radius 3 is 2.79 bits per heavy atom. The zero-order chi connectivity index (χ0) is 17.0. The second-order valence-electron chi connectivity index (χ2n) is 6.65. The van der Waals surface area contributed by atoms with Gasteiger partial charge in [-0.3, -0.25) is 19.1 Å². The Hall–Kier alpha value is -2.40. The molecule has 2 aliphatic rings. The van der Waals surface area contributed by atoms with Crippen molar-refractivity contribution in [1.29, 1.82) is 0 Å². The van der Waals surface area contributed by atoms with Crippen molar-refractivity contribution in [3.05, 3.63) is 41.6 Å². The minimum atomic E-state index is -0.252. The highest BCUT2D eigenvalue weighted by molar-refractivity contribution is 6.03. The van der Waals surface area contributed by atoms with E-state index in [9.17, 15) is 9.59 Å². The summed E-state index contributed by atoms with van der Waals surface area (Å²) in [5.41, 5.74) is 4.43. The average molecular weight is 324 g/mol. The molecule has 0 fully saturated rings. The molecule has 1 aromatic heterocycles. The lowest BCUT2D eigenvalue weighted by molar-refractivity contribution is -0.144. The molecule has 2 heterocycles. The normalized spacial score (nSPS) is 22.9. The average Bonchev–Trinajstić information content (AvgIpc) is 2.95. The van der Waals surface area contributed by atoms with Crippen LogP contribution >= 0.6 is 0 Å². The molecule has 5 heteroatoms. The van der Waals surface area contributed by atoms with Gasteiger partial charge >= 0.3 is 5.97 Å². The van der Waals surface area contributed by atoms with Crippen LogP contribution in [0.4, 0.5) is 0 Å². The molecule has 0 N–H and O–H groups in total. The number of likely N-dealkylation sites (N-methyl/N-ethyl adjacent to an activating group) is 1. The van der Waals surface area contributed by atoms with Crippen LogP contribution in [0.2, 0.25) is 0 Å². The molecule has 124 valence electrons. The molecular formula is C19H20N2O3. The first-order valence-corrected chi connectivity index (χ1v) is 8.15. The highest BCUT2D eigenvalue weighted by Gasteiger charge is 2.36. The van der Waals surface area contributed by atoms with Gasteiger partial charge in [0.2, 0.25) is 5.91 Å². The number of carbonyl (C=O) groups excluding carboxylic acids is 2. The van der Waals surface area contributed by atoms with Crippen molar-refractivity contribution in [2.75, 3.05) is 20.7 Å². The number of methoxy groups -OCH3 is 1. The van der Waals surface area contributed by atoms with E-state index in [2.05, 4.69) is 17.0 Å². The summed E-state index contributed by atoms with van der Waals surface area (Å²) in [5, 5.41) is 1.13. The maximum atomic E-state index is 12.0. The van der Waals surface area contributed by atoms with Gasteiger partial charge in [-0.15, -0.1) is 0 Å². The molecule has 0 saturated heterocycles. The Morgan fingerprint density at radius 2 is 2.08 bits per heavy atom. The van der Waals surface area contributed by atoms with Crippen LogP contribution in [-0.2, 0) is 16.0 Å². The summed E-state index contributed by atoms with van der Waals surface area (Å²) >= 11 is 0. The van der Waals surface area contributed by atoms with Crippen molar-refractivity contribution < 1.29 is 14.3 Å². The van der Waals surface area contributed by atoms with Crippen molar-refractivity contribution in [3.63, 3.8) is 0 Å². The van der Waals surface area contributed by atoms with Gasteiger partial charge in [0.25, 0.3) is 0 Å². The molecule has 2 aromatic rings. The van der Waals surface area contributed by atoms with Gasteiger partial charge in [0.05, 0.1) is 18.5 Å². The van der Waals surface area contributed by atoms with E-state index in [1.54, 1.807) is 11.5 Å². The summed E-state index contributed by atoms with van der Waals surface area (Å²) in [6.07, 6.45) is 4.87. The van der Waals surface area contributed by atoms with Gasteiger partial charge in [-0.2, -0.15) is 0 Å². The fraction of sp³-hybridized carbons (Fsp3) is 0.368. The van der Waals surface area contributed by atoms with Crippen LogP contribution in [-0.4, -0.2) is 48.1 Å². The molecule has 1 aromatic carbocycles. The summed E-state index contributed by atoms with van der Waals surface area (Å²) in [5.74, 6) is -0.437. The number of rotatable bonds is 1. The maximum Gasteiger partial charge on any atom is 0.313 e. The number of carbonyl (C=O) groups is 2. The molecule has 0 bridgehead atoms. The lowest BCUT2D eigenvalue weighted by Crippen LogP contribution is -2.44. The number of benzene rings is 1. The second-order valence-corrected chi connectivity index (χ2v) is 6.65. The first-order chi connectivity index (χ1) is 11.5. The summed E-state index contributed by atoms with van der Waals surface area (Å²) in [6.45, 7) is 2.24. The van der Waals surface area contributed by atoms with E-state index in [4.69, 9.17) is 4.74 Å². The van der Waals surface area contributed by atoms with Crippen LogP contribution in [0.5, 0.6) is 0 Å². The molecule has 0 spiro atoms. The lowest BCUT2D eigenvalue weighted by Gasteiger charge is -2.39. The molecule has 0 unspecified atom stereocenters. The van der Waals surface area contributed by atoms with E-state index in [1.165, 1.54) is 18.2 Å². The zero-order valence-corrected chi connectivity index (χ0v) is 14.1. The SMILES string of the molecule is COC(=O)[C@@H]1C=C2c3cccc4c3c(cn4C(C)=O)C[C@H]2N(C)C1. The van der Waals surface area contributed by atoms with Crippen LogP contribution in [0.3, 0.4) is 0 Å². The smallest absolute Gasteiger partial charge is 0.313 e. The molecule has 0 saturated carbocycles. The van der Waals surface area contributed by atoms with Gasteiger partial charge in [0.1, 0.15) is 0 Å². The van der Waals surface area contributed by atoms with E-state index in [1.807, 2.05) is 25.4 Å². The fourth-order valence-corrected chi connectivity index (χ4v) is 4.12. The molecule has 1 aliphatic heterocycles. The number of ether oxygens (including phenoxy) is 1. The van der Waals surface area contributed by atoms with Crippen LogP contribution in [0.25, 0.3) is 16.5 Å². The third kappa shape index (κ3) is 2.04. The van der Waals surface area contributed by atoms with Gasteiger partial charge < -0.3 is 4.74 Å². The lowest BCUT2D eigenvalue weighted by atomic mass is 9.80. The van der Waals surface area contributed by atoms with Crippen LogP contribution in [0.15, 0.2) is 30.5 Å². The number of hydrogen-bond acceptors (Lipinski definition) is 4. The van der Waals surface area contributed by atoms with Crippen molar-refractivity contribution in [2.24, 2.45) is 5.92 Å². The van der Waals surface area contributed by atoms with Gasteiger partial charge in [-0.1, -0.05) is 18.2 Å². The molecule has 1 aliphatic carbocycles.